The van der Waals surface area contributed by atoms with Crippen molar-refractivity contribution in [2.24, 2.45) is 0 Å². The molecule has 8 heteroatoms. The van der Waals surface area contributed by atoms with Gasteiger partial charge in [-0.1, -0.05) is 30.3 Å². The average Bonchev–Trinajstić information content (AvgIpc) is 3.30. The largest absolute Gasteiger partial charge is 0.348 e. The van der Waals surface area contributed by atoms with E-state index in [0.717, 1.165) is 55.8 Å². The Labute approximate surface area is 215 Å². The number of aryl methyl sites for hydroxylation is 2. The first kappa shape index (κ1) is 23.1. The van der Waals surface area contributed by atoms with Crippen LogP contribution in [-0.4, -0.2) is 49.7 Å². The molecular formula is C28H30N6OS. The number of carbonyl (C=O) groups is 1. The Morgan fingerprint density at radius 1 is 1.14 bits per heavy atom. The fourth-order valence-electron chi connectivity index (χ4n) is 5.13. The molecule has 1 amide bonds. The minimum absolute atomic E-state index is 0.0461. The molecular weight excluding hydrogens is 468 g/mol. The highest BCUT2D eigenvalue weighted by Crippen LogP contribution is 2.42. The van der Waals surface area contributed by atoms with E-state index in [1.165, 1.54) is 15.3 Å². The number of aromatic nitrogens is 4. The lowest BCUT2D eigenvalue weighted by Crippen LogP contribution is -2.37. The second-order valence-corrected chi connectivity index (χ2v) is 11.3. The SMILES string of the molecule is Cc1cc(-c2ccnc(-n3ncc(C(=O)N[C@H]4CCN(Cc5ccccc5)C4)c3C3CC3)n2)c(C)s1. The summed E-state index contributed by atoms with van der Waals surface area (Å²) in [5.41, 5.74) is 4.89. The van der Waals surface area contributed by atoms with Crippen LogP contribution in [0, 0.1) is 13.8 Å². The number of carbonyl (C=O) groups excluding carboxylic acids is 1. The van der Waals surface area contributed by atoms with Gasteiger partial charge in [-0.15, -0.1) is 11.3 Å². The van der Waals surface area contributed by atoms with Crippen molar-refractivity contribution < 1.29 is 4.79 Å². The minimum Gasteiger partial charge on any atom is -0.348 e. The van der Waals surface area contributed by atoms with Gasteiger partial charge in [0.25, 0.3) is 11.9 Å². The van der Waals surface area contributed by atoms with Gasteiger partial charge in [-0.2, -0.15) is 5.10 Å². The lowest BCUT2D eigenvalue weighted by Gasteiger charge is -2.17. The van der Waals surface area contributed by atoms with Gasteiger partial charge in [0.2, 0.25) is 0 Å². The minimum atomic E-state index is -0.0461. The van der Waals surface area contributed by atoms with E-state index < -0.39 is 0 Å². The number of hydrogen-bond donors (Lipinski definition) is 1. The van der Waals surface area contributed by atoms with Gasteiger partial charge in [0, 0.05) is 53.1 Å². The lowest BCUT2D eigenvalue weighted by atomic mass is 10.1. The number of likely N-dealkylation sites (tertiary alicyclic amines) is 1. The molecule has 1 aliphatic carbocycles. The molecule has 0 radical (unpaired) electrons. The summed E-state index contributed by atoms with van der Waals surface area (Å²) in [4.78, 5) is 27.6. The van der Waals surface area contributed by atoms with Crippen LogP contribution >= 0.6 is 11.3 Å². The van der Waals surface area contributed by atoms with Crippen molar-refractivity contribution in [2.45, 2.75) is 51.6 Å². The molecule has 1 saturated heterocycles. The highest BCUT2D eigenvalue weighted by atomic mass is 32.1. The van der Waals surface area contributed by atoms with Crippen LogP contribution in [0.4, 0.5) is 0 Å². The number of nitrogens with one attached hydrogen (secondary N) is 1. The zero-order valence-electron chi connectivity index (χ0n) is 20.6. The molecule has 1 aliphatic heterocycles. The van der Waals surface area contributed by atoms with Gasteiger partial charge in [-0.3, -0.25) is 9.69 Å². The number of thiophene rings is 1. The van der Waals surface area contributed by atoms with Crippen molar-refractivity contribution in [2.75, 3.05) is 13.1 Å². The Balaban J connectivity index is 1.20. The number of hydrogen-bond acceptors (Lipinski definition) is 6. The predicted octanol–water partition coefficient (Wildman–Crippen LogP) is 4.89. The number of benzene rings is 1. The second-order valence-electron chi connectivity index (χ2n) is 9.88. The van der Waals surface area contributed by atoms with E-state index in [1.54, 1.807) is 28.4 Å². The van der Waals surface area contributed by atoms with Crippen molar-refractivity contribution in [1.82, 2.24) is 30.0 Å². The molecule has 4 heterocycles. The molecule has 4 aromatic rings. The highest BCUT2D eigenvalue weighted by Gasteiger charge is 2.34. The fourth-order valence-corrected chi connectivity index (χ4v) is 6.06. The van der Waals surface area contributed by atoms with Crippen LogP contribution in [-0.2, 0) is 6.54 Å². The standard InChI is InChI=1S/C28H30N6OS/c1-18-14-23(19(2)36-18)25-10-12-29-28(32-25)34-26(21-8-9-21)24(15-30-34)27(35)31-22-11-13-33(17-22)16-20-6-4-3-5-7-20/h3-7,10,12,14-15,21-22H,8-9,11,13,16-17H2,1-2H3,(H,31,35)/t22-/m0/s1. The third-order valence-electron chi connectivity index (χ3n) is 7.02. The summed E-state index contributed by atoms with van der Waals surface area (Å²) in [5.74, 6) is 0.797. The van der Waals surface area contributed by atoms with E-state index in [9.17, 15) is 4.79 Å². The molecule has 6 rings (SSSR count). The van der Waals surface area contributed by atoms with Crippen LogP contribution in [0.25, 0.3) is 17.2 Å². The fraction of sp³-hybridized carbons (Fsp3) is 0.357. The molecule has 36 heavy (non-hydrogen) atoms. The van der Waals surface area contributed by atoms with E-state index in [1.807, 2.05) is 12.1 Å². The van der Waals surface area contributed by atoms with Crippen molar-refractivity contribution >= 4 is 17.2 Å². The van der Waals surface area contributed by atoms with E-state index in [0.29, 0.717) is 17.4 Å². The van der Waals surface area contributed by atoms with Gasteiger partial charge in [0.15, 0.2) is 0 Å². The van der Waals surface area contributed by atoms with E-state index in [4.69, 9.17) is 4.98 Å². The van der Waals surface area contributed by atoms with Crippen LogP contribution in [0.3, 0.4) is 0 Å². The maximum atomic E-state index is 13.4. The summed E-state index contributed by atoms with van der Waals surface area (Å²) >= 11 is 1.77. The molecule has 1 atom stereocenters. The first-order valence-electron chi connectivity index (χ1n) is 12.6. The van der Waals surface area contributed by atoms with Gasteiger partial charge in [0.05, 0.1) is 23.1 Å². The summed E-state index contributed by atoms with van der Waals surface area (Å²) in [6, 6.07) is 14.7. The maximum Gasteiger partial charge on any atom is 0.255 e. The first-order valence-corrected chi connectivity index (χ1v) is 13.4. The zero-order valence-corrected chi connectivity index (χ0v) is 21.5. The summed E-state index contributed by atoms with van der Waals surface area (Å²) < 4.78 is 1.78. The van der Waals surface area contributed by atoms with Gasteiger partial charge in [0.1, 0.15) is 0 Å². The molecule has 2 aliphatic rings. The maximum absolute atomic E-state index is 13.4. The van der Waals surface area contributed by atoms with Gasteiger partial charge in [-0.05, 0) is 50.8 Å². The third-order valence-corrected chi connectivity index (χ3v) is 7.99. The Morgan fingerprint density at radius 2 is 1.97 bits per heavy atom. The van der Waals surface area contributed by atoms with Gasteiger partial charge in [-0.25, -0.2) is 14.6 Å². The topological polar surface area (TPSA) is 75.9 Å². The first-order chi connectivity index (χ1) is 17.5. The van der Waals surface area contributed by atoms with E-state index in [-0.39, 0.29) is 11.9 Å². The van der Waals surface area contributed by atoms with Crippen molar-refractivity contribution in [3.63, 3.8) is 0 Å². The molecule has 0 bridgehead atoms. The van der Waals surface area contributed by atoms with Crippen molar-refractivity contribution in [1.29, 1.82) is 0 Å². The molecule has 2 fully saturated rings. The summed E-state index contributed by atoms with van der Waals surface area (Å²) in [5, 5.41) is 7.87. The third kappa shape index (κ3) is 4.70. The predicted molar refractivity (Wildman–Crippen MR) is 142 cm³/mol. The van der Waals surface area contributed by atoms with Gasteiger partial charge >= 0.3 is 0 Å². The Hall–Kier alpha value is -3.36. The lowest BCUT2D eigenvalue weighted by molar-refractivity contribution is 0.0936. The summed E-state index contributed by atoms with van der Waals surface area (Å²) in [6.07, 6.45) is 6.54. The molecule has 0 unspecified atom stereocenters. The van der Waals surface area contributed by atoms with Crippen LogP contribution in [0.1, 0.15) is 56.6 Å². The number of amides is 1. The molecule has 3 aromatic heterocycles. The summed E-state index contributed by atoms with van der Waals surface area (Å²) in [7, 11) is 0. The Morgan fingerprint density at radius 3 is 2.72 bits per heavy atom. The average molecular weight is 499 g/mol. The van der Waals surface area contributed by atoms with Gasteiger partial charge < -0.3 is 5.32 Å². The van der Waals surface area contributed by atoms with Crippen molar-refractivity contribution in [3.8, 4) is 17.2 Å². The van der Waals surface area contributed by atoms with E-state index in [2.05, 4.69) is 64.5 Å². The molecule has 184 valence electrons. The quantitative estimate of drug-likeness (QED) is 0.393. The van der Waals surface area contributed by atoms with E-state index >= 15 is 0 Å². The Bertz CT molecular complexity index is 1390. The number of rotatable bonds is 7. The van der Waals surface area contributed by atoms with Crippen molar-refractivity contribution in [3.05, 3.63) is 81.4 Å². The van der Waals surface area contributed by atoms with Crippen LogP contribution in [0.15, 0.2) is 54.9 Å². The molecule has 0 spiro atoms. The number of nitrogens with zero attached hydrogens (tertiary/aromatic N) is 5. The molecule has 7 nitrogen and oxygen atoms in total. The monoisotopic (exact) mass is 498 g/mol. The highest BCUT2D eigenvalue weighted by molar-refractivity contribution is 7.12. The second kappa shape index (κ2) is 9.59. The smallest absolute Gasteiger partial charge is 0.255 e. The summed E-state index contributed by atoms with van der Waals surface area (Å²) in [6.45, 7) is 6.98. The molecule has 1 saturated carbocycles. The van der Waals surface area contributed by atoms with Crippen LogP contribution < -0.4 is 5.32 Å². The van der Waals surface area contributed by atoms with Crippen LogP contribution in [0.5, 0.6) is 0 Å². The Kier molecular flexibility index (Phi) is 6.15. The normalized spacial score (nSPS) is 18.0. The van der Waals surface area contributed by atoms with Crippen LogP contribution in [0.2, 0.25) is 0 Å². The molecule has 1 aromatic carbocycles. The molecule has 1 N–H and O–H groups in total. The zero-order chi connectivity index (χ0) is 24.6.